The standard InChI is InChI=1S/C18H16F3N5O3S/c19-13-9-11(15-23-24-16(29-15)14(20)21)1-2-12(13)10-26(17-22-3-8-30-17)18(27)25-4-6-28-7-5-25/h1-3,8-9,14H,4-7,10H2. The van der Waals surface area contributed by atoms with Crippen LogP contribution in [-0.4, -0.2) is 52.4 Å². The van der Waals surface area contributed by atoms with E-state index in [9.17, 15) is 18.0 Å². The van der Waals surface area contributed by atoms with Gasteiger partial charge in [-0.3, -0.25) is 4.90 Å². The van der Waals surface area contributed by atoms with Crippen LogP contribution in [0.2, 0.25) is 0 Å². The van der Waals surface area contributed by atoms with Crippen LogP contribution in [0.5, 0.6) is 0 Å². The smallest absolute Gasteiger partial charge is 0.326 e. The van der Waals surface area contributed by atoms with Crippen molar-refractivity contribution in [3.63, 3.8) is 0 Å². The van der Waals surface area contributed by atoms with Gasteiger partial charge in [-0.2, -0.15) is 8.78 Å². The highest BCUT2D eigenvalue weighted by Crippen LogP contribution is 2.27. The van der Waals surface area contributed by atoms with Gasteiger partial charge in [0.25, 0.3) is 5.89 Å². The Balaban J connectivity index is 1.57. The Bertz CT molecular complexity index is 1010. The molecule has 30 heavy (non-hydrogen) atoms. The second kappa shape index (κ2) is 8.79. The summed E-state index contributed by atoms with van der Waals surface area (Å²) in [5, 5.41) is 8.92. The van der Waals surface area contributed by atoms with E-state index in [1.165, 1.54) is 28.4 Å². The van der Waals surface area contributed by atoms with Gasteiger partial charge in [-0.05, 0) is 12.1 Å². The van der Waals surface area contributed by atoms with Gasteiger partial charge in [0, 0.05) is 35.8 Å². The van der Waals surface area contributed by atoms with Crippen molar-refractivity contribution in [1.82, 2.24) is 20.1 Å². The van der Waals surface area contributed by atoms with Gasteiger partial charge in [-0.1, -0.05) is 6.07 Å². The molecule has 1 fully saturated rings. The van der Waals surface area contributed by atoms with Gasteiger partial charge in [-0.25, -0.2) is 14.2 Å². The number of rotatable bonds is 5. The first kappa shape index (κ1) is 20.3. The van der Waals surface area contributed by atoms with Crippen LogP contribution in [0.4, 0.5) is 23.1 Å². The maximum atomic E-state index is 14.8. The van der Waals surface area contributed by atoms with E-state index in [1.54, 1.807) is 16.5 Å². The summed E-state index contributed by atoms with van der Waals surface area (Å²) in [6, 6.07) is 3.73. The van der Waals surface area contributed by atoms with Crippen molar-refractivity contribution in [1.29, 1.82) is 0 Å². The summed E-state index contributed by atoms with van der Waals surface area (Å²) in [5.41, 5.74) is 0.389. The maximum absolute atomic E-state index is 14.8. The number of halogens is 3. The van der Waals surface area contributed by atoms with E-state index in [0.717, 1.165) is 6.07 Å². The number of nitrogens with zero attached hydrogens (tertiary/aromatic N) is 5. The van der Waals surface area contributed by atoms with Crippen LogP contribution in [0.1, 0.15) is 17.9 Å². The second-order valence-electron chi connectivity index (χ2n) is 6.34. The molecule has 158 valence electrons. The molecular weight excluding hydrogens is 423 g/mol. The topological polar surface area (TPSA) is 84.6 Å². The number of alkyl halides is 2. The molecule has 0 N–H and O–H groups in total. The normalized spacial score (nSPS) is 14.3. The van der Waals surface area contributed by atoms with Crippen LogP contribution in [0.25, 0.3) is 11.5 Å². The lowest BCUT2D eigenvalue weighted by atomic mass is 10.1. The number of benzene rings is 1. The monoisotopic (exact) mass is 439 g/mol. The van der Waals surface area contributed by atoms with Crippen LogP contribution >= 0.6 is 11.3 Å². The number of carbonyl (C=O) groups is 1. The molecular formula is C18H16F3N5O3S. The number of aromatic nitrogens is 3. The fraction of sp³-hybridized carbons (Fsp3) is 0.333. The average Bonchev–Trinajstić information content (AvgIpc) is 3.45. The minimum Gasteiger partial charge on any atom is -0.415 e. The number of thiazole rings is 1. The number of hydrogen-bond acceptors (Lipinski definition) is 7. The van der Waals surface area contributed by atoms with Crippen molar-refractivity contribution in [2.45, 2.75) is 13.0 Å². The molecule has 0 aliphatic carbocycles. The molecule has 2 aromatic heterocycles. The summed E-state index contributed by atoms with van der Waals surface area (Å²) in [4.78, 5) is 20.2. The zero-order valence-electron chi connectivity index (χ0n) is 15.5. The Morgan fingerprint density at radius 2 is 2.07 bits per heavy atom. The zero-order chi connectivity index (χ0) is 21.1. The Morgan fingerprint density at radius 1 is 1.27 bits per heavy atom. The molecule has 1 aliphatic rings. The number of urea groups is 1. The molecule has 0 spiro atoms. The lowest BCUT2D eigenvalue weighted by Crippen LogP contribution is -2.48. The number of hydrogen-bond donors (Lipinski definition) is 0. The van der Waals surface area contributed by atoms with E-state index in [2.05, 4.69) is 15.2 Å². The Kier molecular flexibility index (Phi) is 5.95. The lowest BCUT2D eigenvalue weighted by Gasteiger charge is -2.31. The molecule has 8 nitrogen and oxygen atoms in total. The third-order valence-electron chi connectivity index (χ3n) is 4.42. The minimum absolute atomic E-state index is 0.0536. The highest BCUT2D eigenvalue weighted by atomic mass is 32.1. The van der Waals surface area contributed by atoms with Crippen LogP contribution in [0.3, 0.4) is 0 Å². The van der Waals surface area contributed by atoms with Crippen molar-refractivity contribution in [2.75, 3.05) is 31.2 Å². The first-order chi connectivity index (χ1) is 14.5. The van der Waals surface area contributed by atoms with Gasteiger partial charge in [0.1, 0.15) is 5.82 Å². The van der Waals surface area contributed by atoms with Crippen LogP contribution in [0, 0.1) is 5.82 Å². The van der Waals surface area contributed by atoms with E-state index in [4.69, 9.17) is 9.15 Å². The predicted molar refractivity (Wildman–Crippen MR) is 101 cm³/mol. The van der Waals surface area contributed by atoms with Gasteiger partial charge in [0.2, 0.25) is 5.89 Å². The summed E-state index contributed by atoms with van der Waals surface area (Å²) in [7, 11) is 0. The Morgan fingerprint density at radius 3 is 2.70 bits per heavy atom. The molecule has 3 aromatic rings. The predicted octanol–water partition coefficient (Wildman–Crippen LogP) is 3.73. The molecule has 12 heteroatoms. The van der Waals surface area contributed by atoms with E-state index in [-0.39, 0.29) is 29.6 Å². The molecule has 0 radical (unpaired) electrons. The summed E-state index contributed by atoms with van der Waals surface area (Å²) in [5.74, 6) is -1.68. The zero-order valence-corrected chi connectivity index (χ0v) is 16.3. The Labute approximate surface area is 172 Å². The first-order valence-electron chi connectivity index (χ1n) is 8.97. The van der Waals surface area contributed by atoms with E-state index >= 15 is 0 Å². The molecule has 1 saturated heterocycles. The van der Waals surface area contributed by atoms with Gasteiger partial charge in [-0.15, -0.1) is 21.5 Å². The summed E-state index contributed by atoms with van der Waals surface area (Å²) < 4.78 is 50.2. The number of morpholine rings is 1. The van der Waals surface area contributed by atoms with Crippen molar-refractivity contribution in [3.05, 3.63) is 47.0 Å². The average molecular weight is 439 g/mol. The summed E-state index contributed by atoms with van der Waals surface area (Å²) >= 11 is 1.26. The van der Waals surface area contributed by atoms with Gasteiger partial charge in [0.15, 0.2) is 5.13 Å². The van der Waals surface area contributed by atoms with Crippen molar-refractivity contribution >= 4 is 22.5 Å². The largest absolute Gasteiger partial charge is 0.415 e. The molecule has 4 rings (SSSR count). The fourth-order valence-corrected chi connectivity index (χ4v) is 3.55. The molecule has 0 saturated carbocycles. The van der Waals surface area contributed by atoms with E-state index < -0.39 is 18.1 Å². The highest BCUT2D eigenvalue weighted by molar-refractivity contribution is 7.13. The van der Waals surface area contributed by atoms with Crippen LogP contribution in [0.15, 0.2) is 34.2 Å². The van der Waals surface area contributed by atoms with Crippen molar-refractivity contribution < 1.29 is 27.1 Å². The van der Waals surface area contributed by atoms with Gasteiger partial charge < -0.3 is 14.1 Å². The third-order valence-corrected chi connectivity index (χ3v) is 5.21. The van der Waals surface area contributed by atoms with Crippen LogP contribution in [-0.2, 0) is 11.3 Å². The molecule has 0 unspecified atom stereocenters. The SMILES string of the molecule is O=C(N1CCOCC1)N(Cc1ccc(-c2nnc(C(F)F)o2)cc1F)c1nccs1. The molecule has 2 amide bonds. The van der Waals surface area contributed by atoms with Crippen LogP contribution < -0.4 is 4.90 Å². The second-order valence-corrected chi connectivity index (χ2v) is 7.21. The van der Waals surface area contributed by atoms with Gasteiger partial charge in [0.05, 0.1) is 19.8 Å². The molecule has 1 aromatic carbocycles. The number of carbonyl (C=O) groups excluding carboxylic acids is 1. The number of ether oxygens (including phenoxy) is 1. The minimum atomic E-state index is -2.91. The first-order valence-corrected chi connectivity index (χ1v) is 9.85. The van der Waals surface area contributed by atoms with Crippen molar-refractivity contribution in [3.8, 4) is 11.5 Å². The fourth-order valence-electron chi connectivity index (χ4n) is 2.91. The third kappa shape index (κ3) is 4.28. The van der Waals surface area contributed by atoms with Gasteiger partial charge >= 0.3 is 12.5 Å². The quantitative estimate of drug-likeness (QED) is 0.602. The van der Waals surface area contributed by atoms with E-state index in [1.807, 2.05) is 0 Å². The molecule has 1 aliphatic heterocycles. The lowest BCUT2D eigenvalue weighted by molar-refractivity contribution is 0.0548. The molecule has 0 atom stereocenters. The van der Waals surface area contributed by atoms with E-state index in [0.29, 0.717) is 31.4 Å². The summed E-state index contributed by atoms with van der Waals surface area (Å²) in [6.07, 6.45) is -1.34. The highest BCUT2D eigenvalue weighted by Gasteiger charge is 2.27. The number of amides is 2. The van der Waals surface area contributed by atoms with Crippen molar-refractivity contribution in [2.24, 2.45) is 0 Å². The molecule has 3 heterocycles. The Hall–Kier alpha value is -2.99. The summed E-state index contributed by atoms with van der Waals surface area (Å²) in [6.45, 7) is 1.69. The maximum Gasteiger partial charge on any atom is 0.326 e. The number of anilines is 1. The molecule has 0 bridgehead atoms.